The highest BCUT2D eigenvalue weighted by Gasteiger charge is 2.36. The van der Waals surface area contributed by atoms with E-state index < -0.39 is 17.6 Å². The fourth-order valence-corrected chi connectivity index (χ4v) is 4.53. The minimum atomic E-state index is -4.57. The number of hydrogen-bond donors (Lipinski definition) is 2. The SMILES string of the molecule is Cc1cnc(Oc2ccc3c(c2)CCC[C@@H]3c2sc(=O)[nH]c2O)c(C(F)(F)F)c1. The number of thiazole rings is 1. The third-order valence-electron chi connectivity index (χ3n) is 4.91. The molecule has 1 aliphatic carbocycles. The fourth-order valence-electron chi connectivity index (χ4n) is 3.65. The molecule has 29 heavy (non-hydrogen) atoms. The molecule has 2 heterocycles. The lowest BCUT2D eigenvalue weighted by Crippen LogP contribution is -2.11. The molecule has 2 aromatic heterocycles. The van der Waals surface area contributed by atoms with Crippen LogP contribution >= 0.6 is 11.3 Å². The first-order valence-electron chi connectivity index (χ1n) is 8.99. The second kappa shape index (κ2) is 7.22. The van der Waals surface area contributed by atoms with Crippen molar-refractivity contribution in [1.82, 2.24) is 9.97 Å². The maximum absolute atomic E-state index is 13.3. The van der Waals surface area contributed by atoms with E-state index in [0.717, 1.165) is 47.8 Å². The maximum Gasteiger partial charge on any atom is 0.421 e. The third kappa shape index (κ3) is 3.87. The first kappa shape index (κ1) is 19.5. The molecule has 0 unspecified atom stereocenters. The number of nitrogens with one attached hydrogen (secondary N) is 1. The largest absolute Gasteiger partial charge is 0.494 e. The van der Waals surface area contributed by atoms with Gasteiger partial charge < -0.3 is 9.84 Å². The van der Waals surface area contributed by atoms with E-state index in [2.05, 4.69) is 9.97 Å². The van der Waals surface area contributed by atoms with E-state index in [1.165, 1.54) is 13.1 Å². The summed E-state index contributed by atoms with van der Waals surface area (Å²) in [5.41, 5.74) is 1.32. The third-order valence-corrected chi connectivity index (χ3v) is 5.89. The fraction of sp³-hybridized carbons (Fsp3) is 0.300. The van der Waals surface area contributed by atoms with Crippen molar-refractivity contribution in [3.63, 3.8) is 0 Å². The Morgan fingerprint density at radius 2 is 2.10 bits per heavy atom. The van der Waals surface area contributed by atoms with Crippen LogP contribution in [0.2, 0.25) is 0 Å². The van der Waals surface area contributed by atoms with Gasteiger partial charge in [0.15, 0.2) is 0 Å². The van der Waals surface area contributed by atoms with Gasteiger partial charge in [0.25, 0.3) is 0 Å². The lowest BCUT2D eigenvalue weighted by Gasteiger charge is -2.25. The quantitative estimate of drug-likeness (QED) is 0.614. The number of aromatic hydroxyl groups is 1. The predicted molar refractivity (Wildman–Crippen MR) is 102 cm³/mol. The highest BCUT2D eigenvalue weighted by Crippen LogP contribution is 2.43. The Hall–Kier alpha value is -2.81. The van der Waals surface area contributed by atoms with Gasteiger partial charge in [-0.25, -0.2) is 4.98 Å². The van der Waals surface area contributed by atoms with Crippen LogP contribution < -0.4 is 9.61 Å². The second-order valence-corrected chi connectivity index (χ2v) is 8.01. The van der Waals surface area contributed by atoms with Gasteiger partial charge in [-0.3, -0.25) is 9.78 Å². The topological polar surface area (TPSA) is 75.2 Å². The lowest BCUT2D eigenvalue weighted by molar-refractivity contribution is -0.138. The molecule has 152 valence electrons. The first-order valence-corrected chi connectivity index (χ1v) is 9.80. The minimum absolute atomic E-state index is 0.128. The van der Waals surface area contributed by atoms with Gasteiger partial charge in [-0.05, 0) is 61.1 Å². The molecule has 0 bridgehead atoms. The van der Waals surface area contributed by atoms with Gasteiger partial charge in [-0.1, -0.05) is 17.4 Å². The number of aryl methyl sites for hydroxylation is 2. The average molecular weight is 422 g/mol. The van der Waals surface area contributed by atoms with Crippen LogP contribution in [0.15, 0.2) is 35.3 Å². The Morgan fingerprint density at radius 3 is 2.79 bits per heavy atom. The molecule has 0 fully saturated rings. The molecule has 1 atom stereocenters. The van der Waals surface area contributed by atoms with E-state index >= 15 is 0 Å². The number of fused-ring (bicyclic) bond motifs is 1. The van der Waals surface area contributed by atoms with E-state index in [1.807, 2.05) is 0 Å². The Kier molecular flexibility index (Phi) is 4.85. The van der Waals surface area contributed by atoms with Crippen LogP contribution in [0.3, 0.4) is 0 Å². The van der Waals surface area contributed by atoms with Crippen LogP contribution in [0.25, 0.3) is 0 Å². The lowest BCUT2D eigenvalue weighted by atomic mass is 9.82. The van der Waals surface area contributed by atoms with Gasteiger partial charge in [-0.15, -0.1) is 0 Å². The smallest absolute Gasteiger partial charge is 0.421 e. The Bertz CT molecular complexity index is 1120. The number of ether oxygens (including phenoxy) is 1. The first-order chi connectivity index (χ1) is 13.7. The van der Waals surface area contributed by atoms with Crippen molar-refractivity contribution < 1.29 is 23.0 Å². The number of aromatic nitrogens is 2. The van der Waals surface area contributed by atoms with Gasteiger partial charge in [0.05, 0.1) is 4.88 Å². The van der Waals surface area contributed by atoms with Gasteiger partial charge >= 0.3 is 11.0 Å². The molecule has 1 aliphatic rings. The molecule has 0 aliphatic heterocycles. The van der Waals surface area contributed by atoms with Gasteiger partial charge in [0, 0.05) is 12.1 Å². The van der Waals surface area contributed by atoms with Crippen molar-refractivity contribution in [3.05, 3.63) is 67.3 Å². The number of rotatable bonds is 3. The molecule has 0 amide bonds. The summed E-state index contributed by atoms with van der Waals surface area (Å²) in [6.07, 6.45) is -0.918. The molecule has 0 saturated carbocycles. The Balaban J connectivity index is 1.68. The molecule has 1 aromatic carbocycles. The van der Waals surface area contributed by atoms with E-state index in [9.17, 15) is 23.1 Å². The van der Waals surface area contributed by atoms with Crippen LogP contribution in [-0.2, 0) is 12.6 Å². The van der Waals surface area contributed by atoms with Crippen molar-refractivity contribution >= 4 is 11.3 Å². The summed E-state index contributed by atoms with van der Waals surface area (Å²) in [5.74, 6) is -0.494. The Morgan fingerprint density at radius 1 is 1.31 bits per heavy atom. The average Bonchev–Trinajstić information content (AvgIpc) is 2.99. The molecule has 2 N–H and O–H groups in total. The monoisotopic (exact) mass is 422 g/mol. The summed E-state index contributed by atoms with van der Waals surface area (Å²) >= 11 is 0.970. The van der Waals surface area contributed by atoms with Crippen LogP contribution in [0.5, 0.6) is 17.5 Å². The number of H-pyrrole nitrogens is 1. The summed E-state index contributed by atoms with van der Waals surface area (Å²) in [6.45, 7) is 1.54. The van der Waals surface area contributed by atoms with Crippen LogP contribution in [-0.4, -0.2) is 15.1 Å². The maximum atomic E-state index is 13.3. The number of aromatic amines is 1. The van der Waals surface area contributed by atoms with Crippen LogP contribution in [0.4, 0.5) is 13.2 Å². The molecule has 3 aromatic rings. The van der Waals surface area contributed by atoms with E-state index in [0.29, 0.717) is 10.4 Å². The summed E-state index contributed by atoms with van der Waals surface area (Å²) in [4.78, 5) is 18.0. The number of nitrogens with zero attached hydrogens (tertiary/aromatic N) is 1. The molecule has 0 radical (unpaired) electrons. The molecule has 5 nitrogen and oxygen atoms in total. The summed E-state index contributed by atoms with van der Waals surface area (Å²) in [7, 11) is 0. The number of pyridine rings is 1. The normalized spacial score (nSPS) is 16.5. The molecule has 0 spiro atoms. The molecular formula is C20H17F3N2O3S. The van der Waals surface area contributed by atoms with Crippen molar-refractivity contribution in [2.45, 2.75) is 38.3 Å². The highest BCUT2D eigenvalue weighted by molar-refractivity contribution is 7.09. The summed E-state index contributed by atoms with van der Waals surface area (Å²) < 4.78 is 45.4. The Labute approximate surface area is 167 Å². The summed E-state index contributed by atoms with van der Waals surface area (Å²) in [5, 5.41) is 10.0. The zero-order valence-corrected chi connectivity index (χ0v) is 16.2. The van der Waals surface area contributed by atoms with E-state index in [4.69, 9.17) is 4.74 Å². The molecule has 4 rings (SSSR count). The van der Waals surface area contributed by atoms with Crippen LogP contribution in [0, 0.1) is 6.92 Å². The second-order valence-electron chi connectivity index (χ2n) is 7.00. The predicted octanol–water partition coefficient (Wildman–Crippen LogP) is 5.12. The van der Waals surface area contributed by atoms with Crippen molar-refractivity contribution in [2.24, 2.45) is 0 Å². The zero-order chi connectivity index (χ0) is 20.8. The standard InChI is InChI=1S/C20H17F3N2O3S/c1-10-7-15(20(21,22)23)18(24-9-10)28-12-5-6-13-11(8-12)3-2-4-14(13)16-17(26)25-19(27)29-16/h5-9,14,26H,2-4H2,1H3,(H,25,27)/t14-/m0/s1. The highest BCUT2D eigenvalue weighted by atomic mass is 32.1. The van der Waals surface area contributed by atoms with Crippen molar-refractivity contribution in [2.75, 3.05) is 0 Å². The molecule has 9 heteroatoms. The van der Waals surface area contributed by atoms with Gasteiger partial charge in [0.1, 0.15) is 11.3 Å². The van der Waals surface area contributed by atoms with E-state index in [1.54, 1.807) is 18.2 Å². The minimum Gasteiger partial charge on any atom is -0.494 e. The number of benzene rings is 1. The number of hydrogen-bond acceptors (Lipinski definition) is 5. The number of halogens is 3. The van der Waals surface area contributed by atoms with Gasteiger partial charge in [-0.2, -0.15) is 13.2 Å². The molecule has 0 saturated heterocycles. The van der Waals surface area contributed by atoms with Crippen molar-refractivity contribution in [1.29, 1.82) is 0 Å². The van der Waals surface area contributed by atoms with E-state index in [-0.39, 0.29) is 22.4 Å². The zero-order valence-electron chi connectivity index (χ0n) is 15.3. The van der Waals surface area contributed by atoms with Gasteiger partial charge in [0.2, 0.25) is 11.8 Å². The van der Waals surface area contributed by atoms with Crippen LogP contribution in [0.1, 0.15) is 45.9 Å². The van der Waals surface area contributed by atoms with Crippen molar-refractivity contribution in [3.8, 4) is 17.5 Å². The molecular weight excluding hydrogens is 405 g/mol. The number of alkyl halides is 3. The summed E-state index contributed by atoms with van der Waals surface area (Å²) in [6, 6.07) is 6.08.